The summed E-state index contributed by atoms with van der Waals surface area (Å²) < 4.78 is 10.8. The van der Waals surface area contributed by atoms with Crippen LogP contribution in [0, 0.1) is 0 Å². The molecule has 0 heterocycles. The Morgan fingerprint density at radius 2 is 1.80 bits per heavy atom. The summed E-state index contributed by atoms with van der Waals surface area (Å²) in [5.41, 5.74) is 0. The first-order valence-corrected chi connectivity index (χ1v) is 8.08. The summed E-state index contributed by atoms with van der Waals surface area (Å²) >= 11 is 0. The van der Waals surface area contributed by atoms with Gasteiger partial charge in [0.05, 0.1) is 12.7 Å². The summed E-state index contributed by atoms with van der Waals surface area (Å²) in [4.78, 5) is 11.4. The largest absolute Gasteiger partial charge is 0.466 e. The van der Waals surface area contributed by atoms with E-state index in [0.29, 0.717) is 19.1 Å². The quantitative estimate of drug-likeness (QED) is 0.264. The first kappa shape index (κ1) is 19.2. The van der Waals surface area contributed by atoms with Gasteiger partial charge in [0.1, 0.15) is 0 Å². The zero-order valence-electron chi connectivity index (χ0n) is 13.4. The molecule has 0 N–H and O–H groups in total. The summed E-state index contributed by atoms with van der Waals surface area (Å²) in [7, 11) is 0. The molecule has 20 heavy (non-hydrogen) atoms. The van der Waals surface area contributed by atoms with Crippen LogP contribution < -0.4 is 0 Å². The first-order chi connectivity index (χ1) is 9.70. The lowest BCUT2D eigenvalue weighted by Gasteiger charge is -2.10. The predicted octanol–water partition coefficient (Wildman–Crippen LogP) is 4.65. The minimum Gasteiger partial charge on any atom is -0.466 e. The average molecular weight is 284 g/mol. The Balaban J connectivity index is 3.22. The molecular formula is C17H32O3. The van der Waals surface area contributed by atoms with Crippen molar-refractivity contribution in [2.45, 2.75) is 77.7 Å². The van der Waals surface area contributed by atoms with E-state index in [2.05, 4.69) is 20.4 Å². The monoisotopic (exact) mass is 284 g/mol. The highest BCUT2D eigenvalue weighted by molar-refractivity contribution is 5.69. The lowest BCUT2D eigenvalue weighted by atomic mass is 10.1. The van der Waals surface area contributed by atoms with Crippen LogP contribution in [0.1, 0.15) is 71.6 Å². The Morgan fingerprint density at radius 3 is 2.50 bits per heavy atom. The Labute approximate surface area is 124 Å². The summed E-state index contributed by atoms with van der Waals surface area (Å²) in [6, 6.07) is 0. The maximum absolute atomic E-state index is 11.4. The van der Waals surface area contributed by atoms with Crippen molar-refractivity contribution in [3.8, 4) is 0 Å². The number of esters is 1. The SMILES string of the molecule is C=CCCCCCCC(=O)OCCCCOC(C)CC. The van der Waals surface area contributed by atoms with Gasteiger partial charge in [0.25, 0.3) is 0 Å². The summed E-state index contributed by atoms with van der Waals surface area (Å²) in [6.45, 7) is 9.17. The fraction of sp³-hybridized carbons (Fsp3) is 0.824. The van der Waals surface area contributed by atoms with Crippen LogP contribution in [0.25, 0.3) is 0 Å². The third kappa shape index (κ3) is 13.6. The van der Waals surface area contributed by atoms with Crippen LogP contribution in [-0.2, 0) is 14.3 Å². The Morgan fingerprint density at radius 1 is 1.10 bits per heavy atom. The molecule has 0 spiro atoms. The van der Waals surface area contributed by atoms with Gasteiger partial charge in [-0.05, 0) is 45.4 Å². The van der Waals surface area contributed by atoms with Crippen LogP contribution >= 0.6 is 0 Å². The van der Waals surface area contributed by atoms with Crippen LogP contribution in [0.3, 0.4) is 0 Å². The summed E-state index contributed by atoms with van der Waals surface area (Å²) in [5, 5.41) is 0. The summed E-state index contributed by atoms with van der Waals surface area (Å²) in [6.07, 6.45) is 11.2. The van der Waals surface area contributed by atoms with E-state index >= 15 is 0 Å². The van der Waals surface area contributed by atoms with Gasteiger partial charge in [-0.2, -0.15) is 0 Å². The van der Waals surface area contributed by atoms with Gasteiger partial charge in [0.2, 0.25) is 0 Å². The highest BCUT2D eigenvalue weighted by atomic mass is 16.5. The van der Waals surface area contributed by atoms with E-state index in [1.165, 1.54) is 12.8 Å². The molecule has 0 aromatic heterocycles. The van der Waals surface area contributed by atoms with E-state index < -0.39 is 0 Å². The van der Waals surface area contributed by atoms with Gasteiger partial charge in [0.15, 0.2) is 0 Å². The van der Waals surface area contributed by atoms with Crippen molar-refractivity contribution in [3.63, 3.8) is 0 Å². The minimum absolute atomic E-state index is 0.0587. The molecule has 0 radical (unpaired) electrons. The van der Waals surface area contributed by atoms with Gasteiger partial charge >= 0.3 is 5.97 Å². The van der Waals surface area contributed by atoms with E-state index in [1.54, 1.807) is 0 Å². The molecule has 3 nitrogen and oxygen atoms in total. The molecule has 1 atom stereocenters. The van der Waals surface area contributed by atoms with Crippen molar-refractivity contribution >= 4 is 5.97 Å². The molecule has 0 saturated heterocycles. The topological polar surface area (TPSA) is 35.5 Å². The summed E-state index contributed by atoms with van der Waals surface area (Å²) in [5.74, 6) is -0.0587. The third-order valence-electron chi connectivity index (χ3n) is 3.32. The van der Waals surface area contributed by atoms with Crippen LogP contribution in [0.5, 0.6) is 0 Å². The third-order valence-corrected chi connectivity index (χ3v) is 3.32. The number of rotatable bonds is 14. The lowest BCUT2D eigenvalue weighted by Crippen LogP contribution is -2.09. The highest BCUT2D eigenvalue weighted by Crippen LogP contribution is 2.06. The molecule has 0 rings (SSSR count). The van der Waals surface area contributed by atoms with Crippen molar-refractivity contribution in [2.24, 2.45) is 0 Å². The van der Waals surface area contributed by atoms with Gasteiger partial charge in [-0.1, -0.05) is 25.8 Å². The lowest BCUT2D eigenvalue weighted by molar-refractivity contribution is -0.144. The van der Waals surface area contributed by atoms with Crippen molar-refractivity contribution in [3.05, 3.63) is 12.7 Å². The molecule has 0 saturated carbocycles. The highest BCUT2D eigenvalue weighted by Gasteiger charge is 2.02. The molecule has 118 valence electrons. The fourth-order valence-electron chi connectivity index (χ4n) is 1.78. The van der Waals surface area contributed by atoms with Gasteiger partial charge in [-0.3, -0.25) is 4.79 Å². The van der Waals surface area contributed by atoms with E-state index in [4.69, 9.17) is 9.47 Å². The standard InChI is InChI=1S/C17H32O3/c1-4-6-7-8-9-10-13-17(18)20-15-12-11-14-19-16(3)5-2/h4,16H,1,5-15H2,2-3H3. The Kier molecular flexibility index (Phi) is 14.0. The number of carbonyl (C=O) groups excluding carboxylic acids is 1. The molecule has 0 bridgehead atoms. The second-order valence-electron chi connectivity index (χ2n) is 5.26. The molecule has 0 aromatic rings. The van der Waals surface area contributed by atoms with E-state index in [-0.39, 0.29) is 5.97 Å². The van der Waals surface area contributed by atoms with Gasteiger partial charge in [-0.15, -0.1) is 6.58 Å². The molecule has 0 amide bonds. The van der Waals surface area contributed by atoms with Crippen molar-refractivity contribution in [1.29, 1.82) is 0 Å². The second-order valence-corrected chi connectivity index (χ2v) is 5.26. The normalized spacial score (nSPS) is 12.1. The van der Waals surface area contributed by atoms with Crippen LogP contribution in [-0.4, -0.2) is 25.3 Å². The Hall–Kier alpha value is -0.830. The van der Waals surface area contributed by atoms with E-state index in [9.17, 15) is 4.79 Å². The van der Waals surface area contributed by atoms with Crippen LogP contribution in [0.2, 0.25) is 0 Å². The maximum Gasteiger partial charge on any atom is 0.305 e. The number of hydrogen-bond acceptors (Lipinski definition) is 3. The van der Waals surface area contributed by atoms with E-state index in [1.807, 2.05) is 6.08 Å². The predicted molar refractivity (Wildman–Crippen MR) is 83.8 cm³/mol. The number of hydrogen-bond donors (Lipinski definition) is 0. The minimum atomic E-state index is -0.0587. The average Bonchev–Trinajstić information content (AvgIpc) is 2.46. The zero-order chi connectivity index (χ0) is 15.1. The maximum atomic E-state index is 11.4. The molecule has 0 aliphatic heterocycles. The number of unbranched alkanes of at least 4 members (excludes halogenated alkanes) is 5. The van der Waals surface area contributed by atoms with E-state index in [0.717, 1.165) is 45.1 Å². The number of carbonyl (C=O) groups is 1. The van der Waals surface area contributed by atoms with Crippen molar-refractivity contribution in [2.75, 3.05) is 13.2 Å². The second kappa shape index (κ2) is 14.6. The van der Waals surface area contributed by atoms with Crippen LogP contribution in [0.15, 0.2) is 12.7 Å². The van der Waals surface area contributed by atoms with Crippen LogP contribution in [0.4, 0.5) is 0 Å². The van der Waals surface area contributed by atoms with Gasteiger partial charge in [-0.25, -0.2) is 0 Å². The number of allylic oxidation sites excluding steroid dienone is 1. The smallest absolute Gasteiger partial charge is 0.305 e. The Bertz CT molecular complexity index is 238. The van der Waals surface area contributed by atoms with Crippen molar-refractivity contribution in [1.82, 2.24) is 0 Å². The molecule has 0 aliphatic carbocycles. The molecule has 0 fully saturated rings. The van der Waals surface area contributed by atoms with Gasteiger partial charge in [0, 0.05) is 13.0 Å². The molecule has 0 aromatic carbocycles. The zero-order valence-corrected chi connectivity index (χ0v) is 13.4. The fourth-order valence-corrected chi connectivity index (χ4v) is 1.78. The molecular weight excluding hydrogens is 252 g/mol. The van der Waals surface area contributed by atoms with Gasteiger partial charge < -0.3 is 9.47 Å². The molecule has 1 unspecified atom stereocenters. The number of ether oxygens (including phenoxy) is 2. The first-order valence-electron chi connectivity index (χ1n) is 8.08. The van der Waals surface area contributed by atoms with Crippen molar-refractivity contribution < 1.29 is 14.3 Å². The molecule has 3 heteroatoms. The molecule has 0 aliphatic rings.